The van der Waals surface area contributed by atoms with Crippen molar-refractivity contribution in [1.29, 1.82) is 5.26 Å². The minimum absolute atomic E-state index is 0.462. The molecule has 0 spiro atoms. The fourth-order valence-corrected chi connectivity index (χ4v) is 1.65. The lowest BCUT2D eigenvalue weighted by atomic mass is 10.2. The van der Waals surface area contributed by atoms with Crippen LogP contribution in [0, 0.1) is 11.3 Å². The topological polar surface area (TPSA) is 65.9 Å². The highest BCUT2D eigenvalue weighted by Crippen LogP contribution is 2.22. The van der Waals surface area contributed by atoms with Gasteiger partial charge in [-0.2, -0.15) is 17.0 Å². The number of hydrogen-bond acceptors (Lipinski definition) is 5. The zero-order chi connectivity index (χ0) is 11.3. The maximum atomic E-state index is 8.82. The van der Waals surface area contributed by atoms with Gasteiger partial charge in [0.15, 0.2) is 5.82 Å². The van der Waals surface area contributed by atoms with Crippen molar-refractivity contribution < 1.29 is 0 Å². The Balaban J connectivity index is 2.90. The van der Waals surface area contributed by atoms with Crippen LogP contribution in [-0.2, 0) is 0 Å². The van der Waals surface area contributed by atoms with Gasteiger partial charge in [-0.25, -0.2) is 4.98 Å². The SMILES string of the molecule is CSCCN(C)c1nccc(C#N)c1N. The normalized spacial score (nSPS) is 9.67. The molecule has 0 amide bonds. The number of thioether (sulfide) groups is 1. The molecule has 0 aliphatic carbocycles. The molecular formula is C10H14N4S. The molecule has 0 fully saturated rings. The molecule has 4 nitrogen and oxygen atoms in total. The van der Waals surface area contributed by atoms with Crippen LogP contribution >= 0.6 is 11.8 Å². The third-order valence-corrected chi connectivity index (χ3v) is 2.67. The monoisotopic (exact) mass is 222 g/mol. The van der Waals surface area contributed by atoms with Gasteiger partial charge in [0.05, 0.1) is 11.3 Å². The van der Waals surface area contributed by atoms with E-state index in [0.717, 1.165) is 12.3 Å². The zero-order valence-electron chi connectivity index (χ0n) is 8.90. The Morgan fingerprint density at radius 1 is 1.67 bits per heavy atom. The van der Waals surface area contributed by atoms with Crippen LogP contribution < -0.4 is 10.6 Å². The molecule has 0 atom stereocenters. The average molecular weight is 222 g/mol. The second-order valence-electron chi connectivity index (χ2n) is 3.12. The molecule has 0 unspecified atom stereocenters. The van der Waals surface area contributed by atoms with E-state index in [-0.39, 0.29) is 0 Å². The summed E-state index contributed by atoms with van der Waals surface area (Å²) in [6.45, 7) is 0.868. The summed E-state index contributed by atoms with van der Waals surface area (Å²) in [5.74, 6) is 1.69. The van der Waals surface area contributed by atoms with Crippen molar-refractivity contribution in [3.63, 3.8) is 0 Å². The number of nitrogens with two attached hydrogens (primary N) is 1. The summed E-state index contributed by atoms with van der Waals surface area (Å²) in [5, 5.41) is 8.82. The molecule has 2 N–H and O–H groups in total. The van der Waals surface area contributed by atoms with Gasteiger partial charge >= 0.3 is 0 Å². The Morgan fingerprint density at radius 2 is 2.40 bits per heavy atom. The van der Waals surface area contributed by atoms with Gasteiger partial charge in [0.2, 0.25) is 0 Å². The minimum atomic E-state index is 0.462. The fourth-order valence-electron chi connectivity index (χ4n) is 1.20. The third-order valence-electron chi connectivity index (χ3n) is 2.08. The molecule has 0 radical (unpaired) electrons. The quantitative estimate of drug-likeness (QED) is 0.832. The highest BCUT2D eigenvalue weighted by Gasteiger charge is 2.09. The fraction of sp³-hybridized carbons (Fsp3) is 0.400. The number of rotatable bonds is 4. The molecule has 5 heteroatoms. The molecule has 1 aromatic rings. The molecule has 0 saturated carbocycles. The van der Waals surface area contributed by atoms with Gasteiger partial charge in [0, 0.05) is 25.5 Å². The van der Waals surface area contributed by atoms with Crippen molar-refractivity contribution in [3.05, 3.63) is 17.8 Å². The number of nitriles is 1. The summed E-state index contributed by atoms with van der Waals surface area (Å²) in [7, 11) is 1.93. The van der Waals surface area contributed by atoms with Gasteiger partial charge < -0.3 is 10.6 Å². The second kappa shape index (κ2) is 5.47. The zero-order valence-corrected chi connectivity index (χ0v) is 9.71. The molecule has 0 aliphatic rings. The van der Waals surface area contributed by atoms with Crippen molar-refractivity contribution in [2.75, 3.05) is 36.2 Å². The molecule has 1 heterocycles. The molecule has 0 saturated heterocycles. The maximum absolute atomic E-state index is 8.82. The van der Waals surface area contributed by atoms with Crippen LogP contribution in [0.4, 0.5) is 11.5 Å². The molecule has 0 aliphatic heterocycles. The summed E-state index contributed by atoms with van der Waals surface area (Å²) >= 11 is 1.77. The Kier molecular flexibility index (Phi) is 4.25. The lowest BCUT2D eigenvalue weighted by Gasteiger charge is -2.19. The van der Waals surface area contributed by atoms with Crippen molar-refractivity contribution in [2.24, 2.45) is 0 Å². The van der Waals surface area contributed by atoms with Crippen LogP contribution in [0.15, 0.2) is 12.3 Å². The summed E-state index contributed by atoms with van der Waals surface area (Å²) in [6.07, 6.45) is 3.66. The number of nitrogen functional groups attached to an aromatic ring is 1. The summed E-state index contributed by atoms with van der Waals surface area (Å²) < 4.78 is 0. The third kappa shape index (κ3) is 2.77. The number of anilines is 2. The van der Waals surface area contributed by atoms with E-state index in [0.29, 0.717) is 17.1 Å². The predicted octanol–water partition coefficient (Wildman–Crippen LogP) is 1.33. The Labute approximate surface area is 94.1 Å². The summed E-state index contributed by atoms with van der Waals surface area (Å²) in [6, 6.07) is 3.68. The predicted molar refractivity (Wildman–Crippen MR) is 65.0 cm³/mol. The van der Waals surface area contributed by atoms with Crippen LogP contribution in [-0.4, -0.2) is 30.6 Å². The standard InChI is InChI=1S/C10H14N4S/c1-14(5-6-15-2)10-9(12)8(7-11)3-4-13-10/h3-4H,5-6,12H2,1-2H3. The van der Waals surface area contributed by atoms with Crippen molar-refractivity contribution in [1.82, 2.24) is 4.98 Å². The van der Waals surface area contributed by atoms with E-state index >= 15 is 0 Å². The minimum Gasteiger partial charge on any atom is -0.395 e. The lowest BCUT2D eigenvalue weighted by Crippen LogP contribution is -2.22. The molecule has 1 rings (SSSR count). The Hall–Kier alpha value is -1.41. The number of pyridine rings is 1. The highest BCUT2D eigenvalue weighted by molar-refractivity contribution is 7.98. The molecule has 0 aromatic carbocycles. The number of aromatic nitrogens is 1. The van der Waals surface area contributed by atoms with Gasteiger partial charge in [-0.15, -0.1) is 0 Å². The van der Waals surface area contributed by atoms with Gasteiger partial charge in [-0.3, -0.25) is 0 Å². The van der Waals surface area contributed by atoms with Gasteiger partial charge in [0.1, 0.15) is 6.07 Å². The van der Waals surface area contributed by atoms with Gasteiger partial charge in [-0.1, -0.05) is 0 Å². The van der Waals surface area contributed by atoms with E-state index in [1.165, 1.54) is 0 Å². The summed E-state index contributed by atoms with van der Waals surface area (Å²) in [5.41, 5.74) is 6.78. The summed E-state index contributed by atoms with van der Waals surface area (Å²) in [4.78, 5) is 6.15. The number of nitrogens with zero attached hydrogens (tertiary/aromatic N) is 3. The van der Waals surface area contributed by atoms with E-state index in [4.69, 9.17) is 11.0 Å². The first-order chi connectivity index (χ1) is 7.20. The Morgan fingerprint density at radius 3 is 3.00 bits per heavy atom. The van der Waals surface area contributed by atoms with Crippen LogP contribution in [0.25, 0.3) is 0 Å². The van der Waals surface area contributed by atoms with E-state index in [1.807, 2.05) is 18.0 Å². The van der Waals surface area contributed by atoms with Crippen molar-refractivity contribution in [2.45, 2.75) is 0 Å². The highest BCUT2D eigenvalue weighted by atomic mass is 32.2. The molecule has 15 heavy (non-hydrogen) atoms. The van der Waals surface area contributed by atoms with Crippen LogP contribution in [0.5, 0.6) is 0 Å². The first-order valence-corrected chi connectivity index (χ1v) is 5.94. The maximum Gasteiger partial charge on any atom is 0.152 e. The molecular weight excluding hydrogens is 208 g/mol. The van der Waals surface area contributed by atoms with Gasteiger partial charge in [-0.05, 0) is 12.3 Å². The smallest absolute Gasteiger partial charge is 0.152 e. The van der Waals surface area contributed by atoms with Crippen LogP contribution in [0.3, 0.4) is 0 Å². The Bertz CT molecular complexity index is 372. The van der Waals surface area contributed by atoms with Crippen LogP contribution in [0.2, 0.25) is 0 Å². The lowest BCUT2D eigenvalue weighted by molar-refractivity contribution is 0.948. The van der Waals surface area contributed by atoms with E-state index in [1.54, 1.807) is 24.0 Å². The van der Waals surface area contributed by atoms with E-state index in [2.05, 4.69) is 11.2 Å². The van der Waals surface area contributed by atoms with Gasteiger partial charge in [0.25, 0.3) is 0 Å². The molecule has 80 valence electrons. The molecule has 0 bridgehead atoms. The van der Waals surface area contributed by atoms with E-state index in [9.17, 15) is 0 Å². The first kappa shape index (κ1) is 11.7. The second-order valence-corrected chi connectivity index (χ2v) is 4.11. The van der Waals surface area contributed by atoms with Crippen LogP contribution in [0.1, 0.15) is 5.56 Å². The number of hydrogen-bond donors (Lipinski definition) is 1. The first-order valence-electron chi connectivity index (χ1n) is 4.55. The molecule has 1 aromatic heterocycles. The van der Waals surface area contributed by atoms with Crippen molar-refractivity contribution >= 4 is 23.3 Å². The largest absolute Gasteiger partial charge is 0.395 e. The van der Waals surface area contributed by atoms with Crippen molar-refractivity contribution in [3.8, 4) is 6.07 Å². The van der Waals surface area contributed by atoms with E-state index < -0.39 is 0 Å². The average Bonchev–Trinajstić information content (AvgIpc) is 2.26.